The second-order valence-electron chi connectivity index (χ2n) is 9.96. The minimum atomic E-state index is -0.644. The summed E-state index contributed by atoms with van der Waals surface area (Å²) < 4.78 is 0. The summed E-state index contributed by atoms with van der Waals surface area (Å²) in [6.45, 7) is 7.58. The largest absolute Gasteiger partial charge is 0.356 e. The van der Waals surface area contributed by atoms with Gasteiger partial charge in [0.25, 0.3) is 0 Å². The van der Waals surface area contributed by atoms with Crippen LogP contribution in [-0.2, 0) is 14.4 Å². The highest BCUT2D eigenvalue weighted by Gasteiger charge is 2.21. The quantitative estimate of drug-likeness (QED) is 0.0945. The number of allylic oxidation sites excluding steroid dienone is 2. The lowest BCUT2D eigenvalue weighted by Gasteiger charge is -2.18. The number of hydrogen-bond donors (Lipinski definition) is 3. The minimum absolute atomic E-state index is 0.0619. The summed E-state index contributed by atoms with van der Waals surface area (Å²) in [7, 11) is 0. The van der Waals surface area contributed by atoms with E-state index in [1.54, 1.807) is 0 Å². The molecule has 6 nitrogen and oxygen atoms in total. The maximum Gasteiger partial charge on any atom is 0.242 e. The summed E-state index contributed by atoms with van der Waals surface area (Å²) in [4.78, 5) is 37.1. The van der Waals surface area contributed by atoms with Gasteiger partial charge in [-0.1, -0.05) is 97.1 Å². The molecule has 0 aromatic heterocycles. The lowest BCUT2D eigenvalue weighted by molar-refractivity contribution is -0.129. The van der Waals surface area contributed by atoms with Gasteiger partial charge in [0, 0.05) is 25.9 Å². The van der Waals surface area contributed by atoms with E-state index in [9.17, 15) is 14.4 Å². The SMILES string of the molecule is CC/C=C/CCCCCCCCCCCCC(=O)N[C@@H](CCC(=O)NCCCC)C(=O)NCCCC. The van der Waals surface area contributed by atoms with E-state index in [1.165, 1.54) is 51.4 Å². The molecule has 0 saturated heterocycles. The van der Waals surface area contributed by atoms with Gasteiger partial charge in [-0.2, -0.15) is 0 Å². The van der Waals surface area contributed by atoms with Gasteiger partial charge in [0.2, 0.25) is 17.7 Å². The molecule has 0 aliphatic rings. The zero-order valence-electron chi connectivity index (χ0n) is 23.8. The Hall–Kier alpha value is -1.85. The molecule has 0 radical (unpaired) electrons. The highest BCUT2D eigenvalue weighted by Crippen LogP contribution is 2.12. The second-order valence-corrected chi connectivity index (χ2v) is 9.96. The van der Waals surface area contributed by atoms with Gasteiger partial charge in [-0.25, -0.2) is 0 Å². The fraction of sp³-hybridized carbons (Fsp3) is 0.833. The molecule has 1 atom stereocenters. The number of amides is 3. The lowest BCUT2D eigenvalue weighted by Crippen LogP contribution is -2.47. The molecule has 0 heterocycles. The minimum Gasteiger partial charge on any atom is -0.356 e. The smallest absolute Gasteiger partial charge is 0.242 e. The first-order valence-corrected chi connectivity index (χ1v) is 15.0. The van der Waals surface area contributed by atoms with Gasteiger partial charge in [0.1, 0.15) is 6.04 Å². The maximum absolute atomic E-state index is 12.6. The van der Waals surface area contributed by atoms with Crippen LogP contribution in [0, 0.1) is 0 Å². The number of nitrogens with one attached hydrogen (secondary N) is 3. The summed E-state index contributed by atoms with van der Waals surface area (Å²) in [6, 6.07) is -0.644. The van der Waals surface area contributed by atoms with Crippen LogP contribution < -0.4 is 16.0 Å². The predicted molar refractivity (Wildman–Crippen MR) is 152 cm³/mol. The van der Waals surface area contributed by atoms with Crippen LogP contribution >= 0.6 is 0 Å². The highest BCUT2D eigenvalue weighted by molar-refractivity contribution is 5.88. The molecule has 0 bridgehead atoms. The van der Waals surface area contributed by atoms with E-state index in [1.807, 2.05) is 0 Å². The third kappa shape index (κ3) is 22.6. The van der Waals surface area contributed by atoms with E-state index in [4.69, 9.17) is 0 Å². The van der Waals surface area contributed by atoms with Gasteiger partial charge in [0.05, 0.1) is 0 Å². The maximum atomic E-state index is 12.6. The molecule has 0 unspecified atom stereocenters. The predicted octanol–water partition coefficient (Wildman–Crippen LogP) is 6.73. The number of hydrogen-bond acceptors (Lipinski definition) is 3. The van der Waals surface area contributed by atoms with Gasteiger partial charge in [-0.15, -0.1) is 0 Å². The number of rotatable bonds is 25. The monoisotopic (exact) mass is 507 g/mol. The van der Waals surface area contributed by atoms with Crippen molar-refractivity contribution in [1.82, 2.24) is 16.0 Å². The van der Waals surface area contributed by atoms with Crippen LogP contribution in [0.3, 0.4) is 0 Å². The normalized spacial score (nSPS) is 12.0. The molecule has 0 aliphatic carbocycles. The van der Waals surface area contributed by atoms with Gasteiger partial charge in [0.15, 0.2) is 0 Å². The van der Waals surface area contributed by atoms with E-state index in [-0.39, 0.29) is 24.1 Å². The van der Waals surface area contributed by atoms with Crippen molar-refractivity contribution in [3.63, 3.8) is 0 Å². The molecule has 0 aromatic carbocycles. The van der Waals surface area contributed by atoms with Crippen LogP contribution in [0.2, 0.25) is 0 Å². The van der Waals surface area contributed by atoms with Crippen LogP contribution in [-0.4, -0.2) is 36.9 Å². The molecular weight excluding hydrogens is 450 g/mol. The van der Waals surface area contributed by atoms with Crippen molar-refractivity contribution in [2.45, 2.75) is 149 Å². The second kappa shape index (κ2) is 26.2. The van der Waals surface area contributed by atoms with Gasteiger partial charge in [-0.05, 0) is 44.9 Å². The van der Waals surface area contributed by atoms with E-state index in [0.717, 1.165) is 51.4 Å². The Labute approximate surface area is 222 Å². The van der Waals surface area contributed by atoms with Crippen LogP contribution in [0.15, 0.2) is 12.2 Å². The Morgan fingerprint density at radius 3 is 1.75 bits per heavy atom. The molecule has 210 valence electrons. The number of carbonyl (C=O) groups excluding carboxylic acids is 3. The summed E-state index contributed by atoms with van der Waals surface area (Å²) in [6.07, 6.45) is 24.0. The summed E-state index contributed by atoms with van der Waals surface area (Å²) in [5, 5.41) is 8.65. The van der Waals surface area contributed by atoms with Crippen molar-refractivity contribution in [1.29, 1.82) is 0 Å². The van der Waals surface area contributed by atoms with E-state index < -0.39 is 6.04 Å². The van der Waals surface area contributed by atoms with Crippen LogP contribution in [0.5, 0.6) is 0 Å². The molecule has 36 heavy (non-hydrogen) atoms. The Bertz CT molecular complexity index is 578. The standard InChI is InChI=1S/C30H57N3O3/c1-4-7-10-11-12-13-14-15-16-17-18-19-20-21-22-29(35)33-27(30(36)32-26-9-6-3)23-24-28(34)31-25-8-5-2/h7,10,27H,4-6,8-9,11-26H2,1-3H3,(H,31,34)(H,32,36)(H,33,35)/b10-7+/t27-/m0/s1. The number of unbranched alkanes of at least 4 members (excludes halogenated alkanes) is 12. The summed E-state index contributed by atoms with van der Waals surface area (Å²) in [5.41, 5.74) is 0. The topological polar surface area (TPSA) is 87.3 Å². The fourth-order valence-corrected chi connectivity index (χ4v) is 4.06. The molecule has 0 fully saturated rings. The van der Waals surface area contributed by atoms with Gasteiger partial charge < -0.3 is 16.0 Å². The molecule has 6 heteroatoms. The third-order valence-corrected chi connectivity index (χ3v) is 6.42. The molecular formula is C30H57N3O3. The van der Waals surface area contributed by atoms with Crippen molar-refractivity contribution in [2.24, 2.45) is 0 Å². The Morgan fingerprint density at radius 2 is 1.17 bits per heavy atom. The van der Waals surface area contributed by atoms with E-state index in [0.29, 0.717) is 25.9 Å². The molecule has 0 spiro atoms. The first-order chi connectivity index (χ1) is 17.5. The van der Waals surface area contributed by atoms with Crippen LogP contribution in [0.4, 0.5) is 0 Å². The average Bonchev–Trinajstić information content (AvgIpc) is 2.87. The van der Waals surface area contributed by atoms with E-state index >= 15 is 0 Å². The van der Waals surface area contributed by atoms with Gasteiger partial charge >= 0.3 is 0 Å². The zero-order chi connectivity index (χ0) is 26.7. The number of carbonyl (C=O) groups is 3. The van der Waals surface area contributed by atoms with Crippen LogP contribution in [0.25, 0.3) is 0 Å². The van der Waals surface area contributed by atoms with Crippen molar-refractivity contribution in [3.05, 3.63) is 12.2 Å². The Balaban J connectivity index is 4.03. The molecule has 3 N–H and O–H groups in total. The highest BCUT2D eigenvalue weighted by atomic mass is 16.2. The molecule has 0 rings (SSSR count). The molecule has 0 saturated carbocycles. The van der Waals surface area contributed by atoms with Crippen molar-refractivity contribution < 1.29 is 14.4 Å². The molecule has 0 aromatic rings. The average molecular weight is 508 g/mol. The summed E-state index contributed by atoms with van der Waals surface area (Å²) in [5.74, 6) is -0.338. The van der Waals surface area contributed by atoms with E-state index in [2.05, 4.69) is 48.9 Å². The zero-order valence-corrected chi connectivity index (χ0v) is 23.8. The van der Waals surface area contributed by atoms with Crippen molar-refractivity contribution >= 4 is 17.7 Å². The fourth-order valence-electron chi connectivity index (χ4n) is 4.06. The first-order valence-electron chi connectivity index (χ1n) is 15.0. The van der Waals surface area contributed by atoms with Crippen LogP contribution in [0.1, 0.15) is 143 Å². The summed E-state index contributed by atoms with van der Waals surface area (Å²) >= 11 is 0. The van der Waals surface area contributed by atoms with Crippen molar-refractivity contribution in [2.75, 3.05) is 13.1 Å². The van der Waals surface area contributed by atoms with Gasteiger partial charge in [-0.3, -0.25) is 14.4 Å². The Kier molecular flexibility index (Phi) is 24.9. The molecule has 3 amide bonds. The Morgan fingerprint density at radius 1 is 0.611 bits per heavy atom. The molecule has 0 aliphatic heterocycles. The third-order valence-electron chi connectivity index (χ3n) is 6.42. The lowest BCUT2D eigenvalue weighted by atomic mass is 10.0. The van der Waals surface area contributed by atoms with Crippen molar-refractivity contribution in [3.8, 4) is 0 Å². The first kappa shape index (κ1) is 34.1.